The molecule has 1 fully saturated rings. The lowest BCUT2D eigenvalue weighted by molar-refractivity contribution is -0.142. The number of halogens is 2. The summed E-state index contributed by atoms with van der Waals surface area (Å²) in [6.45, 7) is 0.432. The third kappa shape index (κ3) is 3.02. The van der Waals surface area contributed by atoms with Crippen molar-refractivity contribution in [3.05, 3.63) is 35.4 Å². The Morgan fingerprint density at radius 3 is 2.71 bits per heavy atom. The Labute approximate surface area is 120 Å². The van der Waals surface area contributed by atoms with E-state index in [9.17, 15) is 23.5 Å². The summed E-state index contributed by atoms with van der Waals surface area (Å²) in [6, 6.07) is 2.35. The lowest BCUT2D eigenvalue weighted by Crippen LogP contribution is -2.33. The van der Waals surface area contributed by atoms with Crippen LogP contribution in [0.4, 0.5) is 8.78 Å². The number of methoxy groups -OCH3 is 1. The number of hydrogen-bond acceptors (Lipinski definition) is 3. The number of likely N-dealkylation sites (tertiary alicyclic amines) is 1. The fraction of sp³-hybridized carbons (Fsp3) is 0.429. The summed E-state index contributed by atoms with van der Waals surface area (Å²) >= 11 is 0. The molecule has 0 spiro atoms. The number of rotatable bonds is 5. The number of carbonyl (C=O) groups excluding carboxylic acids is 1. The number of ether oxygens (including phenoxy) is 1. The first-order chi connectivity index (χ1) is 9.95. The molecule has 2 atom stereocenters. The minimum absolute atomic E-state index is 0.164. The number of nitrogens with zero attached hydrogens (tertiary/aromatic N) is 1. The quantitative estimate of drug-likeness (QED) is 0.896. The van der Waals surface area contributed by atoms with Crippen molar-refractivity contribution in [1.29, 1.82) is 0 Å². The monoisotopic (exact) mass is 299 g/mol. The molecule has 1 saturated heterocycles. The van der Waals surface area contributed by atoms with Gasteiger partial charge in [0, 0.05) is 20.1 Å². The highest BCUT2D eigenvalue weighted by atomic mass is 19.2. The summed E-state index contributed by atoms with van der Waals surface area (Å²) in [7, 11) is 1.46. The van der Waals surface area contributed by atoms with E-state index in [1.54, 1.807) is 0 Å². The molecule has 114 valence electrons. The summed E-state index contributed by atoms with van der Waals surface area (Å²) in [5.74, 6) is -4.55. The van der Waals surface area contributed by atoms with Gasteiger partial charge in [0.1, 0.15) is 0 Å². The number of benzene rings is 1. The normalized spacial score (nSPS) is 21.9. The minimum atomic E-state index is -1.14. The highest BCUT2D eigenvalue weighted by molar-refractivity contribution is 5.87. The van der Waals surface area contributed by atoms with Crippen molar-refractivity contribution >= 4 is 11.9 Å². The maximum absolute atomic E-state index is 13.4. The number of amides is 1. The second kappa shape index (κ2) is 6.17. The molecule has 0 bridgehead atoms. The van der Waals surface area contributed by atoms with Crippen LogP contribution >= 0.6 is 0 Å². The molecule has 0 aliphatic carbocycles. The molecule has 0 radical (unpaired) electrons. The van der Waals surface area contributed by atoms with E-state index in [4.69, 9.17) is 4.74 Å². The molecule has 1 amide bonds. The topological polar surface area (TPSA) is 66.8 Å². The van der Waals surface area contributed by atoms with Gasteiger partial charge in [0.05, 0.1) is 18.6 Å². The van der Waals surface area contributed by atoms with Gasteiger partial charge in [-0.05, 0) is 17.7 Å². The third-order valence-corrected chi connectivity index (χ3v) is 3.57. The highest BCUT2D eigenvalue weighted by Gasteiger charge is 2.44. The fourth-order valence-corrected chi connectivity index (χ4v) is 2.57. The molecule has 1 heterocycles. The summed E-state index contributed by atoms with van der Waals surface area (Å²) in [5, 5.41) is 9.25. The van der Waals surface area contributed by atoms with E-state index in [0.29, 0.717) is 0 Å². The van der Waals surface area contributed by atoms with Crippen LogP contribution in [0.25, 0.3) is 0 Å². The molecular weight excluding hydrogens is 284 g/mol. The molecule has 21 heavy (non-hydrogen) atoms. The van der Waals surface area contributed by atoms with Crippen LogP contribution < -0.4 is 0 Å². The number of carbonyl (C=O) groups is 2. The first kappa shape index (κ1) is 15.4. The predicted molar refractivity (Wildman–Crippen MR) is 68.4 cm³/mol. The summed E-state index contributed by atoms with van der Waals surface area (Å²) in [5.41, 5.74) is 0.267. The van der Waals surface area contributed by atoms with Gasteiger partial charge >= 0.3 is 5.97 Å². The van der Waals surface area contributed by atoms with E-state index in [1.165, 1.54) is 18.1 Å². The van der Waals surface area contributed by atoms with Gasteiger partial charge in [-0.2, -0.15) is 0 Å². The van der Waals surface area contributed by atoms with Crippen molar-refractivity contribution in [3.8, 4) is 0 Å². The zero-order valence-electron chi connectivity index (χ0n) is 11.4. The van der Waals surface area contributed by atoms with Crippen LogP contribution in [0.5, 0.6) is 0 Å². The number of aliphatic carboxylic acids is 1. The average Bonchev–Trinajstić information content (AvgIpc) is 2.77. The molecule has 2 unspecified atom stereocenters. The smallest absolute Gasteiger partial charge is 0.309 e. The largest absolute Gasteiger partial charge is 0.481 e. The maximum Gasteiger partial charge on any atom is 0.309 e. The van der Waals surface area contributed by atoms with Gasteiger partial charge in [0.2, 0.25) is 5.91 Å². The Hall–Kier alpha value is -2.02. The van der Waals surface area contributed by atoms with Crippen LogP contribution in [0.2, 0.25) is 0 Å². The summed E-state index contributed by atoms with van der Waals surface area (Å²) in [4.78, 5) is 24.6. The molecule has 0 aromatic heterocycles. The Kier molecular flexibility index (Phi) is 4.52. The van der Waals surface area contributed by atoms with E-state index >= 15 is 0 Å². The van der Waals surface area contributed by atoms with Crippen LogP contribution in [0, 0.1) is 17.6 Å². The van der Waals surface area contributed by atoms with Crippen LogP contribution in [0.3, 0.4) is 0 Å². The van der Waals surface area contributed by atoms with Crippen molar-refractivity contribution in [1.82, 2.24) is 4.90 Å². The van der Waals surface area contributed by atoms with Gasteiger partial charge in [-0.3, -0.25) is 9.59 Å². The minimum Gasteiger partial charge on any atom is -0.481 e. The third-order valence-electron chi connectivity index (χ3n) is 3.57. The average molecular weight is 299 g/mol. The number of carboxylic acid groups (broad SMARTS) is 1. The highest BCUT2D eigenvalue weighted by Crippen LogP contribution is 2.38. The first-order valence-electron chi connectivity index (χ1n) is 6.42. The molecule has 0 saturated carbocycles. The lowest BCUT2D eigenvalue weighted by atomic mass is 9.93. The van der Waals surface area contributed by atoms with E-state index in [0.717, 1.165) is 12.1 Å². The first-order valence-corrected chi connectivity index (χ1v) is 6.42. The molecule has 1 aromatic carbocycles. The standard InChI is InChI=1S/C14H15F2NO4/c1-21-5-4-17-12(18)7-9(14(19)20)13(17)8-2-3-10(15)11(16)6-8/h2-3,6,9,13H,4-5,7H2,1H3,(H,19,20). The Morgan fingerprint density at radius 1 is 1.43 bits per heavy atom. The zero-order valence-corrected chi connectivity index (χ0v) is 11.4. The Morgan fingerprint density at radius 2 is 2.14 bits per heavy atom. The molecule has 5 nitrogen and oxygen atoms in total. The molecule has 7 heteroatoms. The van der Waals surface area contributed by atoms with Crippen LogP contribution in [0.15, 0.2) is 18.2 Å². The van der Waals surface area contributed by atoms with Gasteiger partial charge < -0.3 is 14.7 Å². The van der Waals surface area contributed by atoms with Gasteiger partial charge in [-0.25, -0.2) is 8.78 Å². The Bertz CT molecular complexity index is 564. The van der Waals surface area contributed by atoms with E-state index in [-0.39, 0.29) is 31.0 Å². The van der Waals surface area contributed by atoms with Crippen molar-refractivity contribution in [2.45, 2.75) is 12.5 Å². The number of hydrogen-bond donors (Lipinski definition) is 1. The van der Waals surface area contributed by atoms with Gasteiger partial charge in [0.25, 0.3) is 0 Å². The van der Waals surface area contributed by atoms with Crippen molar-refractivity contribution < 1.29 is 28.2 Å². The molecular formula is C14H15F2NO4. The van der Waals surface area contributed by atoms with Gasteiger partial charge in [0.15, 0.2) is 11.6 Å². The van der Waals surface area contributed by atoms with E-state index < -0.39 is 29.6 Å². The summed E-state index contributed by atoms with van der Waals surface area (Å²) < 4.78 is 31.3. The lowest BCUT2D eigenvalue weighted by Gasteiger charge is -2.27. The van der Waals surface area contributed by atoms with Crippen LogP contribution in [-0.2, 0) is 14.3 Å². The summed E-state index contributed by atoms with van der Waals surface area (Å²) in [6.07, 6.45) is -0.164. The molecule has 1 aliphatic rings. The van der Waals surface area contributed by atoms with Crippen LogP contribution in [0.1, 0.15) is 18.0 Å². The molecule has 2 rings (SSSR count). The van der Waals surface area contributed by atoms with Crippen molar-refractivity contribution in [2.24, 2.45) is 5.92 Å². The van der Waals surface area contributed by atoms with E-state index in [2.05, 4.69) is 0 Å². The fourth-order valence-electron chi connectivity index (χ4n) is 2.57. The molecule has 1 aromatic rings. The second-order valence-corrected chi connectivity index (χ2v) is 4.85. The SMILES string of the molecule is COCCN1C(=O)CC(C(=O)O)C1c1ccc(F)c(F)c1. The zero-order chi connectivity index (χ0) is 15.6. The van der Waals surface area contributed by atoms with Crippen molar-refractivity contribution in [3.63, 3.8) is 0 Å². The van der Waals surface area contributed by atoms with Gasteiger partial charge in [-0.1, -0.05) is 6.07 Å². The number of carboxylic acids is 1. The van der Waals surface area contributed by atoms with Crippen molar-refractivity contribution in [2.75, 3.05) is 20.3 Å². The Balaban J connectivity index is 2.38. The molecule has 1 aliphatic heterocycles. The second-order valence-electron chi connectivity index (χ2n) is 4.85. The maximum atomic E-state index is 13.4. The molecule has 1 N–H and O–H groups in total. The predicted octanol–water partition coefficient (Wildman–Crippen LogP) is 1.59. The van der Waals surface area contributed by atoms with E-state index in [1.807, 2.05) is 0 Å². The van der Waals surface area contributed by atoms with Gasteiger partial charge in [-0.15, -0.1) is 0 Å². The van der Waals surface area contributed by atoms with Crippen LogP contribution in [-0.4, -0.2) is 42.1 Å².